The third-order valence-corrected chi connectivity index (χ3v) is 5.62. The zero-order chi connectivity index (χ0) is 18.4. The monoisotopic (exact) mass is 392 g/mol. The molecular formula is C18H26N5OS2+. The van der Waals surface area contributed by atoms with Crippen LogP contribution in [-0.4, -0.2) is 49.1 Å². The lowest BCUT2D eigenvalue weighted by molar-refractivity contribution is -0.924. The summed E-state index contributed by atoms with van der Waals surface area (Å²) in [5.74, 6) is 0.970. The Hall–Kier alpha value is -1.90. The summed E-state index contributed by atoms with van der Waals surface area (Å²) in [6.07, 6.45) is 1.82. The van der Waals surface area contributed by atoms with Gasteiger partial charge in [0.25, 0.3) is 0 Å². The zero-order valence-electron chi connectivity index (χ0n) is 15.1. The first-order chi connectivity index (χ1) is 12.7. The smallest absolute Gasteiger partial charge is 0.205 e. The molecule has 1 aromatic carbocycles. The molecule has 1 aliphatic heterocycles. The molecule has 0 spiro atoms. The molecule has 26 heavy (non-hydrogen) atoms. The molecule has 0 atom stereocenters. The molecule has 0 bridgehead atoms. The quantitative estimate of drug-likeness (QED) is 0.532. The first-order valence-corrected chi connectivity index (χ1v) is 10.2. The maximum absolute atomic E-state index is 5.77. The van der Waals surface area contributed by atoms with E-state index >= 15 is 0 Å². The van der Waals surface area contributed by atoms with Crippen molar-refractivity contribution in [1.82, 2.24) is 9.78 Å². The molecule has 1 aliphatic rings. The first-order valence-electron chi connectivity index (χ1n) is 8.94. The van der Waals surface area contributed by atoms with Crippen molar-refractivity contribution in [3.8, 4) is 5.75 Å². The van der Waals surface area contributed by atoms with Gasteiger partial charge in [-0.25, -0.2) is 0 Å². The predicted octanol–water partition coefficient (Wildman–Crippen LogP) is 2.03. The van der Waals surface area contributed by atoms with Gasteiger partial charge in [0.2, 0.25) is 5.13 Å². The second kappa shape index (κ2) is 9.16. The Balaban J connectivity index is 1.58. The molecule has 1 saturated heterocycles. The topological polar surface area (TPSA) is 46.8 Å². The van der Waals surface area contributed by atoms with Gasteiger partial charge in [-0.1, -0.05) is 29.5 Å². The Bertz CT molecular complexity index is 780. The Labute approximate surface area is 163 Å². The molecule has 1 fully saturated rings. The van der Waals surface area contributed by atoms with Crippen LogP contribution < -0.4 is 19.9 Å². The number of quaternary nitrogens is 1. The molecule has 0 saturated carbocycles. The Morgan fingerprint density at radius 2 is 2.15 bits per heavy atom. The van der Waals surface area contributed by atoms with E-state index < -0.39 is 0 Å². The van der Waals surface area contributed by atoms with E-state index in [2.05, 4.69) is 34.0 Å². The maximum Gasteiger partial charge on any atom is 0.205 e. The van der Waals surface area contributed by atoms with Crippen LogP contribution >= 0.6 is 23.6 Å². The number of piperazine rings is 1. The molecule has 0 amide bonds. The zero-order valence-corrected chi connectivity index (χ0v) is 16.7. The average molecular weight is 393 g/mol. The number of nitrogens with one attached hydrogen (secondary N) is 2. The summed E-state index contributed by atoms with van der Waals surface area (Å²) in [7, 11) is 0. The summed E-state index contributed by atoms with van der Waals surface area (Å²) in [6, 6.07) is 8.29. The van der Waals surface area contributed by atoms with Crippen LogP contribution in [-0.2, 0) is 6.67 Å². The van der Waals surface area contributed by atoms with Crippen LogP contribution in [0.15, 0.2) is 36.9 Å². The van der Waals surface area contributed by atoms with E-state index in [1.165, 1.54) is 21.9 Å². The van der Waals surface area contributed by atoms with Gasteiger partial charge >= 0.3 is 0 Å². The van der Waals surface area contributed by atoms with Gasteiger partial charge in [0.1, 0.15) is 5.75 Å². The number of ether oxygens (including phenoxy) is 1. The van der Waals surface area contributed by atoms with Gasteiger partial charge in [-0.3, -0.25) is 0 Å². The number of rotatable bonds is 8. The second-order valence-corrected chi connectivity index (χ2v) is 7.76. The molecule has 0 unspecified atom stereocenters. The minimum atomic E-state index is 0.687. The number of benzene rings is 1. The predicted molar refractivity (Wildman–Crippen MR) is 110 cm³/mol. The first kappa shape index (κ1) is 18.9. The van der Waals surface area contributed by atoms with Crippen LogP contribution in [0.3, 0.4) is 0 Å². The van der Waals surface area contributed by atoms with E-state index in [0.717, 1.165) is 47.7 Å². The Morgan fingerprint density at radius 1 is 1.38 bits per heavy atom. The lowest BCUT2D eigenvalue weighted by atomic mass is 10.2. The lowest BCUT2D eigenvalue weighted by Gasteiger charge is -2.34. The van der Waals surface area contributed by atoms with Crippen LogP contribution in [0.4, 0.5) is 10.8 Å². The second-order valence-electron chi connectivity index (χ2n) is 6.14. The van der Waals surface area contributed by atoms with Crippen LogP contribution in [0.1, 0.15) is 6.92 Å². The summed E-state index contributed by atoms with van der Waals surface area (Å²) in [6.45, 7) is 12.0. The van der Waals surface area contributed by atoms with Gasteiger partial charge in [-0.15, -0.1) is 11.7 Å². The molecule has 140 valence electrons. The van der Waals surface area contributed by atoms with E-state index in [-0.39, 0.29) is 0 Å². The van der Waals surface area contributed by atoms with Gasteiger partial charge in [0.05, 0.1) is 38.5 Å². The van der Waals surface area contributed by atoms with Crippen molar-refractivity contribution in [2.24, 2.45) is 0 Å². The van der Waals surface area contributed by atoms with Crippen molar-refractivity contribution in [2.45, 2.75) is 13.6 Å². The van der Waals surface area contributed by atoms with Crippen molar-refractivity contribution < 1.29 is 9.64 Å². The maximum atomic E-state index is 5.77. The Kier molecular flexibility index (Phi) is 6.65. The van der Waals surface area contributed by atoms with Gasteiger partial charge in [0, 0.05) is 6.54 Å². The molecule has 0 aliphatic carbocycles. The largest absolute Gasteiger partial charge is 0.492 e. The summed E-state index contributed by atoms with van der Waals surface area (Å²) in [5.41, 5.74) is 1.19. The highest BCUT2D eigenvalue weighted by atomic mass is 32.1. The number of nitrogens with zero attached hydrogens (tertiary/aromatic N) is 3. The fourth-order valence-electron chi connectivity index (χ4n) is 3.07. The Morgan fingerprint density at radius 3 is 2.88 bits per heavy atom. The normalized spacial score (nSPS) is 15.0. The molecule has 3 rings (SSSR count). The van der Waals surface area contributed by atoms with Crippen molar-refractivity contribution in [3.63, 3.8) is 0 Å². The third-order valence-electron chi connectivity index (χ3n) is 4.35. The third kappa shape index (κ3) is 4.63. The highest BCUT2D eigenvalue weighted by molar-refractivity contribution is 7.73. The lowest BCUT2D eigenvalue weighted by Crippen LogP contribution is -3.14. The van der Waals surface area contributed by atoms with E-state index in [0.29, 0.717) is 13.2 Å². The van der Waals surface area contributed by atoms with Crippen LogP contribution in [0.5, 0.6) is 5.75 Å². The van der Waals surface area contributed by atoms with Gasteiger partial charge in [0.15, 0.2) is 10.6 Å². The van der Waals surface area contributed by atoms with Crippen LogP contribution in [0.2, 0.25) is 0 Å². The van der Waals surface area contributed by atoms with E-state index in [1.807, 2.05) is 29.8 Å². The summed E-state index contributed by atoms with van der Waals surface area (Å²) in [5, 5.41) is 8.64. The molecule has 6 nitrogen and oxygen atoms in total. The fraction of sp³-hybridized carbons (Fsp3) is 0.444. The van der Waals surface area contributed by atoms with E-state index in [9.17, 15) is 0 Å². The number of hydrogen-bond donors (Lipinski definition) is 2. The number of anilines is 2. The van der Waals surface area contributed by atoms with Crippen LogP contribution in [0, 0.1) is 3.95 Å². The summed E-state index contributed by atoms with van der Waals surface area (Å²) >= 11 is 6.97. The summed E-state index contributed by atoms with van der Waals surface area (Å²) < 4.78 is 8.52. The molecule has 8 heteroatoms. The van der Waals surface area contributed by atoms with E-state index in [4.69, 9.17) is 17.0 Å². The SMILES string of the molecule is C=CCNc1nn(C[NH+]2CCN(c3ccccc3OCC)CC2)c(=S)s1. The number of hydrogen-bond acceptors (Lipinski definition) is 6. The standard InChI is InChI=1S/C18H25N5OS2/c1-3-9-19-17-20-23(18(25)26-17)14-21-10-12-22(13-11-21)15-7-5-6-8-16(15)24-4-2/h3,5-8H,1,4,9-14H2,2H3,(H,19,20)/p+1. The van der Waals surface area contributed by atoms with E-state index in [1.54, 1.807) is 0 Å². The van der Waals surface area contributed by atoms with Crippen molar-refractivity contribution in [2.75, 3.05) is 49.5 Å². The van der Waals surface area contributed by atoms with Gasteiger partial charge in [-0.05, 0) is 31.3 Å². The minimum Gasteiger partial charge on any atom is -0.492 e. The van der Waals surface area contributed by atoms with Gasteiger partial charge in [-0.2, -0.15) is 4.68 Å². The molecule has 0 radical (unpaired) electrons. The summed E-state index contributed by atoms with van der Waals surface area (Å²) in [4.78, 5) is 3.90. The molecule has 1 aromatic heterocycles. The number of para-hydroxylation sites is 2. The van der Waals surface area contributed by atoms with Crippen LogP contribution in [0.25, 0.3) is 0 Å². The van der Waals surface area contributed by atoms with Crippen molar-refractivity contribution >= 4 is 34.4 Å². The number of aromatic nitrogens is 2. The van der Waals surface area contributed by atoms with Gasteiger partial charge < -0.3 is 19.9 Å². The molecule has 2 heterocycles. The van der Waals surface area contributed by atoms with Crippen molar-refractivity contribution in [3.05, 3.63) is 40.9 Å². The van der Waals surface area contributed by atoms with Crippen molar-refractivity contribution in [1.29, 1.82) is 0 Å². The minimum absolute atomic E-state index is 0.687. The highest BCUT2D eigenvalue weighted by Crippen LogP contribution is 2.27. The molecular weight excluding hydrogens is 366 g/mol. The average Bonchev–Trinajstić information content (AvgIpc) is 3.01. The fourth-order valence-corrected chi connectivity index (χ4v) is 4.08. The molecule has 2 aromatic rings. The molecule has 2 N–H and O–H groups in total. The highest BCUT2D eigenvalue weighted by Gasteiger charge is 2.23.